The first kappa shape index (κ1) is 15.6. The van der Waals surface area contributed by atoms with E-state index in [4.69, 9.17) is 4.74 Å². The fraction of sp³-hybridized carbons (Fsp3) is 0.111. The summed E-state index contributed by atoms with van der Waals surface area (Å²) in [6.07, 6.45) is 0. The predicted molar refractivity (Wildman–Crippen MR) is 88.7 cm³/mol. The molecule has 0 fully saturated rings. The molecule has 1 heterocycles. The van der Waals surface area contributed by atoms with Crippen molar-refractivity contribution in [2.24, 2.45) is 0 Å². The van der Waals surface area contributed by atoms with Crippen molar-refractivity contribution in [2.45, 2.75) is 13.5 Å². The van der Waals surface area contributed by atoms with Gasteiger partial charge < -0.3 is 4.74 Å². The molecule has 0 aliphatic heterocycles. The zero-order chi connectivity index (χ0) is 17.1. The minimum atomic E-state index is -0.471. The molecule has 1 aromatic heterocycles. The molecule has 0 saturated heterocycles. The number of ether oxygens (including phenoxy) is 1. The summed E-state index contributed by atoms with van der Waals surface area (Å²) in [7, 11) is 0. The highest BCUT2D eigenvalue weighted by molar-refractivity contribution is 6.03. The van der Waals surface area contributed by atoms with Crippen LogP contribution in [0.2, 0.25) is 0 Å². The first-order chi connectivity index (χ1) is 11.5. The summed E-state index contributed by atoms with van der Waals surface area (Å²) in [5.74, 6) is -0.449. The second-order valence-electron chi connectivity index (χ2n) is 5.33. The van der Waals surface area contributed by atoms with E-state index in [1.165, 1.54) is 12.1 Å². The van der Waals surface area contributed by atoms with Crippen LogP contribution in [0, 0.1) is 17.0 Å². The Bertz CT molecular complexity index is 920. The number of nitrogens with zero attached hydrogens (tertiary/aromatic N) is 2. The summed E-state index contributed by atoms with van der Waals surface area (Å²) in [6.45, 7) is 1.87. The van der Waals surface area contributed by atoms with Gasteiger partial charge in [-0.2, -0.15) is 0 Å². The minimum absolute atomic E-state index is 0.000768. The van der Waals surface area contributed by atoms with E-state index in [9.17, 15) is 14.9 Å². The molecule has 0 spiro atoms. The summed E-state index contributed by atoms with van der Waals surface area (Å²) in [5, 5.41) is 11.4. The number of hydrogen-bond acceptors (Lipinski definition) is 5. The number of pyridine rings is 1. The number of aromatic nitrogens is 1. The van der Waals surface area contributed by atoms with E-state index < -0.39 is 10.9 Å². The van der Waals surface area contributed by atoms with E-state index >= 15 is 0 Å². The van der Waals surface area contributed by atoms with Crippen LogP contribution in [0.3, 0.4) is 0 Å². The quantitative estimate of drug-likeness (QED) is 0.414. The van der Waals surface area contributed by atoms with Crippen molar-refractivity contribution >= 4 is 22.6 Å². The second kappa shape index (κ2) is 6.45. The summed E-state index contributed by atoms with van der Waals surface area (Å²) in [4.78, 5) is 27.0. The van der Waals surface area contributed by atoms with Crippen LogP contribution >= 0.6 is 0 Å². The van der Waals surface area contributed by atoms with Crippen molar-refractivity contribution in [3.8, 4) is 0 Å². The van der Waals surface area contributed by atoms with E-state index in [1.807, 2.05) is 31.2 Å². The van der Waals surface area contributed by atoms with Crippen molar-refractivity contribution in [3.63, 3.8) is 0 Å². The van der Waals surface area contributed by atoms with Gasteiger partial charge in [-0.05, 0) is 36.8 Å². The standard InChI is InChI=1S/C18H14N2O4/c1-12-10-16(15-4-2-3-5-17(15)19-12)18(21)24-11-13-6-8-14(9-7-13)20(22)23/h2-10H,11H2,1H3. The topological polar surface area (TPSA) is 82.3 Å². The highest BCUT2D eigenvalue weighted by Gasteiger charge is 2.13. The van der Waals surface area contributed by atoms with Crippen molar-refractivity contribution in [1.29, 1.82) is 0 Å². The van der Waals surface area contributed by atoms with Crippen LogP contribution < -0.4 is 0 Å². The molecule has 0 unspecified atom stereocenters. The number of non-ortho nitro benzene ring substituents is 1. The van der Waals surface area contributed by atoms with Crippen molar-refractivity contribution in [2.75, 3.05) is 0 Å². The van der Waals surface area contributed by atoms with E-state index in [0.717, 1.165) is 16.6 Å². The summed E-state index contributed by atoms with van der Waals surface area (Å²) < 4.78 is 5.34. The molecule has 0 aliphatic rings. The van der Waals surface area contributed by atoms with Crippen LogP contribution in [0.25, 0.3) is 10.9 Å². The maximum absolute atomic E-state index is 12.4. The maximum atomic E-state index is 12.4. The maximum Gasteiger partial charge on any atom is 0.339 e. The van der Waals surface area contributed by atoms with E-state index in [1.54, 1.807) is 18.2 Å². The molecule has 6 nitrogen and oxygen atoms in total. The zero-order valence-electron chi connectivity index (χ0n) is 12.9. The number of fused-ring (bicyclic) bond motifs is 1. The van der Waals surface area contributed by atoms with Gasteiger partial charge in [0.15, 0.2) is 0 Å². The van der Waals surface area contributed by atoms with Crippen molar-refractivity contribution in [1.82, 2.24) is 4.98 Å². The molecule has 3 aromatic rings. The fourth-order valence-corrected chi connectivity index (χ4v) is 2.42. The first-order valence-electron chi connectivity index (χ1n) is 7.31. The number of carbonyl (C=O) groups is 1. The van der Waals surface area contributed by atoms with Crippen LogP contribution in [0.1, 0.15) is 21.6 Å². The van der Waals surface area contributed by atoms with Gasteiger partial charge in [0.2, 0.25) is 0 Å². The predicted octanol–water partition coefficient (Wildman–Crippen LogP) is 3.81. The third-order valence-corrected chi connectivity index (χ3v) is 3.58. The van der Waals surface area contributed by atoms with Gasteiger partial charge in [-0.1, -0.05) is 18.2 Å². The third kappa shape index (κ3) is 3.22. The molecule has 3 rings (SSSR count). The highest BCUT2D eigenvalue weighted by Crippen LogP contribution is 2.20. The Morgan fingerprint density at radius 1 is 1.17 bits per heavy atom. The molecule has 0 N–H and O–H groups in total. The molecule has 0 bridgehead atoms. The Labute approximate surface area is 137 Å². The van der Waals surface area contributed by atoms with Crippen LogP contribution in [0.5, 0.6) is 0 Å². The molecular weight excluding hydrogens is 308 g/mol. The zero-order valence-corrected chi connectivity index (χ0v) is 12.9. The van der Waals surface area contributed by atoms with Crippen LogP contribution in [0.15, 0.2) is 54.6 Å². The lowest BCUT2D eigenvalue weighted by atomic mass is 10.1. The first-order valence-corrected chi connectivity index (χ1v) is 7.31. The second-order valence-corrected chi connectivity index (χ2v) is 5.33. The van der Waals surface area contributed by atoms with Gasteiger partial charge in [0.1, 0.15) is 6.61 Å². The lowest BCUT2D eigenvalue weighted by Crippen LogP contribution is -2.07. The van der Waals surface area contributed by atoms with Crippen molar-refractivity contribution < 1.29 is 14.5 Å². The van der Waals surface area contributed by atoms with Crippen LogP contribution in [-0.4, -0.2) is 15.9 Å². The lowest BCUT2D eigenvalue weighted by molar-refractivity contribution is -0.384. The van der Waals surface area contributed by atoms with Gasteiger partial charge >= 0.3 is 5.97 Å². The number of nitro groups is 1. The average molecular weight is 322 g/mol. The Kier molecular flexibility index (Phi) is 4.20. The summed E-state index contributed by atoms with van der Waals surface area (Å²) in [5.41, 5.74) is 2.61. The third-order valence-electron chi connectivity index (χ3n) is 3.58. The normalized spacial score (nSPS) is 10.5. The molecule has 2 aromatic carbocycles. The van der Waals surface area contributed by atoms with E-state index in [0.29, 0.717) is 11.1 Å². The average Bonchev–Trinajstić information content (AvgIpc) is 2.59. The fourth-order valence-electron chi connectivity index (χ4n) is 2.42. The number of nitro benzene ring substituents is 1. The number of para-hydroxylation sites is 1. The molecule has 0 radical (unpaired) electrons. The van der Waals surface area contributed by atoms with Gasteiger partial charge in [0.25, 0.3) is 5.69 Å². The number of aryl methyl sites for hydroxylation is 1. The number of rotatable bonds is 4. The minimum Gasteiger partial charge on any atom is -0.457 e. The molecule has 0 atom stereocenters. The lowest BCUT2D eigenvalue weighted by Gasteiger charge is -2.08. The van der Waals surface area contributed by atoms with Gasteiger partial charge in [0.05, 0.1) is 16.0 Å². The molecular formula is C18H14N2O4. The van der Waals surface area contributed by atoms with Crippen LogP contribution in [0.4, 0.5) is 5.69 Å². The number of benzene rings is 2. The van der Waals surface area contributed by atoms with Crippen molar-refractivity contribution in [3.05, 3.63) is 81.5 Å². The monoisotopic (exact) mass is 322 g/mol. The number of esters is 1. The largest absolute Gasteiger partial charge is 0.457 e. The summed E-state index contributed by atoms with van der Waals surface area (Å²) in [6, 6.07) is 15.0. The summed E-state index contributed by atoms with van der Waals surface area (Å²) >= 11 is 0. The molecule has 0 aliphatic carbocycles. The Morgan fingerprint density at radius 3 is 2.58 bits per heavy atom. The molecule has 6 heteroatoms. The van der Waals surface area contributed by atoms with Gasteiger partial charge in [0, 0.05) is 23.2 Å². The SMILES string of the molecule is Cc1cc(C(=O)OCc2ccc([N+](=O)[O-])cc2)c2ccccc2n1. The molecule has 0 amide bonds. The molecule has 0 saturated carbocycles. The van der Waals surface area contributed by atoms with Gasteiger partial charge in [-0.3, -0.25) is 15.1 Å². The highest BCUT2D eigenvalue weighted by atomic mass is 16.6. The number of hydrogen-bond donors (Lipinski definition) is 0. The molecule has 24 heavy (non-hydrogen) atoms. The van der Waals surface area contributed by atoms with Gasteiger partial charge in [-0.15, -0.1) is 0 Å². The van der Waals surface area contributed by atoms with Gasteiger partial charge in [-0.25, -0.2) is 4.79 Å². The van der Waals surface area contributed by atoms with E-state index in [-0.39, 0.29) is 12.3 Å². The molecule has 120 valence electrons. The Hall–Kier alpha value is -3.28. The number of carbonyl (C=O) groups excluding carboxylic acids is 1. The Balaban J connectivity index is 1.79. The van der Waals surface area contributed by atoms with E-state index in [2.05, 4.69) is 4.98 Å². The van der Waals surface area contributed by atoms with Crippen LogP contribution in [-0.2, 0) is 11.3 Å². The smallest absolute Gasteiger partial charge is 0.339 e. The Morgan fingerprint density at radius 2 is 1.88 bits per heavy atom.